The zero-order valence-electron chi connectivity index (χ0n) is 8.98. The van der Waals surface area contributed by atoms with Gasteiger partial charge in [-0.1, -0.05) is 0 Å². The first-order valence-corrected chi connectivity index (χ1v) is 5.31. The molecule has 0 amide bonds. The van der Waals surface area contributed by atoms with Crippen molar-refractivity contribution in [1.82, 2.24) is 10.2 Å². The third-order valence-corrected chi connectivity index (χ3v) is 2.82. The third kappa shape index (κ3) is 2.49. The van der Waals surface area contributed by atoms with Crippen LogP contribution in [0.4, 0.5) is 19.0 Å². The first-order chi connectivity index (χ1) is 8.02. The summed E-state index contributed by atoms with van der Waals surface area (Å²) in [5.41, 5.74) is -0.999. The molecule has 1 aliphatic heterocycles. The van der Waals surface area contributed by atoms with E-state index in [0.29, 0.717) is 12.4 Å². The topological polar surface area (TPSA) is 49.2 Å². The minimum Gasteiger partial charge on any atom is -0.394 e. The Balaban J connectivity index is 2.18. The summed E-state index contributed by atoms with van der Waals surface area (Å²) in [6.07, 6.45) is -2.75. The first kappa shape index (κ1) is 12.1. The van der Waals surface area contributed by atoms with Gasteiger partial charge in [0.05, 0.1) is 12.6 Å². The van der Waals surface area contributed by atoms with E-state index < -0.39 is 11.9 Å². The molecule has 1 saturated heterocycles. The first-order valence-electron chi connectivity index (χ1n) is 5.31. The van der Waals surface area contributed by atoms with Gasteiger partial charge < -0.3 is 10.0 Å². The Labute approximate surface area is 96.1 Å². The van der Waals surface area contributed by atoms with Crippen molar-refractivity contribution in [2.45, 2.75) is 25.1 Å². The summed E-state index contributed by atoms with van der Waals surface area (Å²) in [6, 6.07) is 2.14. The number of aliphatic hydroxyl groups excluding tert-OH is 1. The summed E-state index contributed by atoms with van der Waals surface area (Å²) in [7, 11) is 0. The Hall–Kier alpha value is -1.37. The van der Waals surface area contributed by atoms with Gasteiger partial charge in [0, 0.05) is 6.54 Å². The highest BCUT2D eigenvalue weighted by atomic mass is 19.4. The highest BCUT2D eigenvalue weighted by Gasteiger charge is 2.33. The van der Waals surface area contributed by atoms with E-state index in [4.69, 9.17) is 5.11 Å². The SMILES string of the molecule is OCC1CCCN1c1ccc(C(F)(F)F)nn1. The number of aliphatic hydroxyl groups is 1. The number of halogens is 3. The number of aromatic nitrogens is 2. The fourth-order valence-electron chi connectivity index (χ4n) is 1.96. The van der Waals surface area contributed by atoms with Gasteiger partial charge in [-0.05, 0) is 25.0 Å². The summed E-state index contributed by atoms with van der Waals surface area (Å²) in [5, 5.41) is 15.8. The van der Waals surface area contributed by atoms with Crippen molar-refractivity contribution in [3.8, 4) is 0 Å². The number of alkyl halides is 3. The zero-order chi connectivity index (χ0) is 12.5. The van der Waals surface area contributed by atoms with Crippen LogP contribution in [0.1, 0.15) is 18.5 Å². The number of hydrogen-bond acceptors (Lipinski definition) is 4. The molecule has 1 N–H and O–H groups in total. The van der Waals surface area contributed by atoms with E-state index in [-0.39, 0.29) is 12.6 Å². The molecule has 4 nitrogen and oxygen atoms in total. The largest absolute Gasteiger partial charge is 0.435 e. The molecule has 2 rings (SSSR count). The van der Waals surface area contributed by atoms with E-state index in [1.54, 1.807) is 4.90 Å². The molecule has 0 saturated carbocycles. The van der Waals surface area contributed by atoms with Gasteiger partial charge in [-0.25, -0.2) is 0 Å². The van der Waals surface area contributed by atoms with Crippen LogP contribution in [0.5, 0.6) is 0 Å². The predicted octanol–water partition coefficient (Wildman–Crippen LogP) is 1.46. The van der Waals surface area contributed by atoms with Gasteiger partial charge in [-0.3, -0.25) is 0 Å². The van der Waals surface area contributed by atoms with E-state index in [1.807, 2.05) is 0 Å². The summed E-state index contributed by atoms with van der Waals surface area (Å²) in [4.78, 5) is 1.78. The monoisotopic (exact) mass is 247 g/mol. The molecular formula is C10H12F3N3O. The lowest BCUT2D eigenvalue weighted by Gasteiger charge is -2.23. The van der Waals surface area contributed by atoms with Gasteiger partial charge in [-0.15, -0.1) is 10.2 Å². The molecule has 2 heterocycles. The molecule has 1 unspecified atom stereocenters. The van der Waals surface area contributed by atoms with Gasteiger partial charge in [0.25, 0.3) is 0 Å². The van der Waals surface area contributed by atoms with Crippen LogP contribution in [0, 0.1) is 0 Å². The van der Waals surface area contributed by atoms with Crippen molar-refractivity contribution in [2.24, 2.45) is 0 Å². The fourth-order valence-corrected chi connectivity index (χ4v) is 1.96. The van der Waals surface area contributed by atoms with Gasteiger partial charge in [-0.2, -0.15) is 13.2 Å². The summed E-state index contributed by atoms with van der Waals surface area (Å²) >= 11 is 0. The second kappa shape index (κ2) is 4.48. The van der Waals surface area contributed by atoms with Crippen molar-refractivity contribution in [2.75, 3.05) is 18.1 Å². The maximum Gasteiger partial charge on any atom is 0.435 e. The quantitative estimate of drug-likeness (QED) is 0.859. The molecule has 1 fully saturated rings. The lowest BCUT2D eigenvalue weighted by atomic mass is 10.2. The second-order valence-corrected chi connectivity index (χ2v) is 3.95. The van der Waals surface area contributed by atoms with Gasteiger partial charge in [0.2, 0.25) is 0 Å². The van der Waals surface area contributed by atoms with E-state index in [0.717, 1.165) is 18.9 Å². The molecule has 7 heteroatoms. The molecule has 1 aliphatic rings. The average Bonchev–Trinajstić information content (AvgIpc) is 2.76. The van der Waals surface area contributed by atoms with E-state index in [9.17, 15) is 13.2 Å². The van der Waals surface area contributed by atoms with Crippen LogP contribution in [0.15, 0.2) is 12.1 Å². The fraction of sp³-hybridized carbons (Fsp3) is 0.600. The van der Waals surface area contributed by atoms with Crippen LogP contribution in [0.2, 0.25) is 0 Å². The van der Waals surface area contributed by atoms with Crippen molar-refractivity contribution < 1.29 is 18.3 Å². The molecule has 0 radical (unpaired) electrons. The third-order valence-electron chi connectivity index (χ3n) is 2.82. The Kier molecular flexibility index (Phi) is 3.19. The summed E-state index contributed by atoms with van der Waals surface area (Å²) in [6.45, 7) is 0.661. The maximum absolute atomic E-state index is 12.3. The standard InChI is InChI=1S/C10H12F3N3O/c11-10(12,13)8-3-4-9(15-14-8)16-5-1-2-7(16)6-17/h3-4,7,17H,1-2,5-6H2. The Morgan fingerprint density at radius 2 is 2.12 bits per heavy atom. The van der Waals surface area contributed by atoms with Crippen LogP contribution in [-0.2, 0) is 6.18 Å². The molecule has 0 spiro atoms. The normalized spacial score (nSPS) is 20.9. The minimum atomic E-state index is -4.47. The van der Waals surface area contributed by atoms with E-state index in [2.05, 4.69) is 10.2 Å². The Morgan fingerprint density at radius 3 is 2.65 bits per heavy atom. The van der Waals surface area contributed by atoms with Crippen LogP contribution in [0.25, 0.3) is 0 Å². The highest BCUT2D eigenvalue weighted by Crippen LogP contribution is 2.29. The van der Waals surface area contributed by atoms with Crippen molar-refractivity contribution in [3.05, 3.63) is 17.8 Å². The molecule has 0 aliphatic carbocycles. The predicted molar refractivity (Wildman–Crippen MR) is 54.5 cm³/mol. The molecule has 1 aromatic heterocycles. The highest BCUT2D eigenvalue weighted by molar-refractivity contribution is 5.40. The number of anilines is 1. The lowest BCUT2D eigenvalue weighted by molar-refractivity contribution is -0.141. The second-order valence-electron chi connectivity index (χ2n) is 3.95. The average molecular weight is 247 g/mol. The van der Waals surface area contributed by atoms with E-state index in [1.165, 1.54) is 6.07 Å². The van der Waals surface area contributed by atoms with Gasteiger partial charge in [0.1, 0.15) is 0 Å². The van der Waals surface area contributed by atoms with Crippen LogP contribution < -0.4 is 4.90 Å². The molecule has 94 valence electrons. The van der Waals surface area contributed by atoms with Gasteiger partial charge >= 0.3 is 6.18 Å². The van der Waals surface area contributed by atoms with Crippen molar-refractivity contribution in [3.63, 3.8) is 0 Å². The molecule has 1 atom stereocenters. The molecule has 0 bridgehead atoms. The molecule has 17 heavy (non-hydrogen) atoms. The number of nitrogens with zero attached hydrogens (tertiary/aromatic N) is 3. The van der Waals surface area contributed by atoms with Gasteiger partial charge in [0.15, 0.2) is 11.5 Å². The van der Waals surface area contributed by atoms with Crippen LogP contribution >= 0.6 is 0 Å². The van der Waals surface area contributed by atoms with Crippen LogP contribution in [-0.4, -0.2) is 34.5 Å². The molecular weight excluding hydrogens is 235 g/mol. The van der Waals surface area contributed by atoms with E-state index >= 15 is 0 Å². The zero-order valence-corrected chi connectivity index (χ0v) is 8.98. The maximum atomic E-state index is 12.3. The van der Waals surface area contributed by atoms with Crippen molar-refractivity contribution in [1.29, 1.82) is 0 Å². The van der Waals surface area contributed by atoms with Crippen LogP contribution in [0.3, 0.4) is 0 Å². The smallest absolute Gasteiger partial charge is 0.394 e. The Bertz CT molecular complexity index is 379. The summed E-state index contributed by atoms with van der Waals surface area (Å²) < 4.78 is 36.9. The number of rotatable bonds is 2. The molecule has 0 aromatic carbocycles. The summed E-state index contributed by atoms with van der Waals surface area (Å²) in [5.74, 6) is 0.384. The number of hydrogen-bond donors (Lipinski definition) is 1. The lowest BCUT2D eigenvalue weighted by Crippen LogP contribution is -2.33. The Morgan fingerprint density at radius 1 is 1.35 bits per heavy atom. The van der Waals surface area contributed by atoms with Crippen molar-refractivity contribution >= 4 is 5.82 Å². The minimum absolute atomic E-state index is 0.0251. The molecule has 1 aromatic rings.